The van der Waals surface area contributed by atoms with Crippen molar-refractivity contribution in [2.45, 2.75) is 14.9 Å². The number of rotatable bonds is 12. The van der Waals surface area contributed by atoms with Gasteiger partial charge in [-0.05, 0) is 120 Å². The molecule has 2 aliphatic heterocycles. The minimum absolute atomic E-state index is 0. The van der Waals surface area contributed by atoms with Crippen LogP contribution in [0.2, 0.25) is 10.0 Å². The third-order valence-corrected chi connectivity index (χ3v) is 12.1. The van der Waals surface area contributed by atoms with Gasteiger partial charge in [0.15, 0.2) is 11.6 Å². The molecule has 372 valence electrons. The van der Waals surface area contributed by atoms with Gasteiger partial charge in [-0.3, -0.25) is 19.8 Å². The number of nitrogens with zero attached hydrogens (tertiary/aromatic N) is 8. The number of hydrogen-bond donors (Lipinski definition) is 3. The molecule has 2 aliphatic rings. The van der Waals surface area contributed by atoms with Crippen LogP contribution in [-0.4, -0.2) is 124 Å². The van der Waals surface area contributed by atoms with E-state index < -0.39 is 11.6 Å². The molecule has 6 heterocycles. The third-order valence-electron chi connectivity index (χ3n) is 10.8. The van der Waals surface area contributed by atoms with Crippen LogP contribution in [0.1, 0.15) is 14.9 Å². The fraction of sp³-hybridized carbons (Fsp3) is 0.269. The van der Waals surface area contributed by atoms with E-state index in [1.807, 2.05) is 60.7 Å². The van der Waals surface area contributed by atoms with Gasteiger partial charge in [0.1, 0.15) is 35.6 Å². The highest BCUT2D eigenvalue weighted by molar-refractivity contribution is 14.1. The van der Waals surface area contributed by atoms with Gasteiger partial charge >= 0.3 is 0 Å². The molecule has 0 radical (unpaired) electrons. The Labute approximate surface area is 435 Å². The lowest BCUT2D eigenvalue weighted by atomic mass is 10.2. The van der Waals surface area contributed by atoms with Crippen LogP contribution in [-0.2, 0) is 9.47 Å². The Balaban J connectivity index is 0.000000197. The number of fused-ring (bicyclic) bond motifs is 2. The number of hydrogen-bond acceptors (Lipinski definition) is 14. The average molecular weight is 1120 g/mol. The number of nitrogens with one attached hydrogen (secondary N) is 2. The van der Waals surface area contributed by atoms with E-state index in [1.165, 1.54) is 24.3 Å². The zero-order valence-corrected chi connectivity index (χ0v) is 40.8. The Morgan fingerprint density at radius 1 is 0.620 bits per heavy atom. The summed E-state index contributed by atoms with van der Waals surface area (Å²) in [6.07, 6.45) is 6.83. The lowest BCUT2D eigenvalue weighted by molar-refractivity contribution is 0.0306. The second-order valence-corrected chi connectivity index (χ2v) is 17.7. The maximum atomic E-state index is 13.7. The Morgan fingerprint density at radius 2 is 1.11 bits per heavy atom. The van der Waals surface area contributed by atoms with E-state index >= 15 is 0 Å². The number of morpholine rings is 2. The molecule has 2 saturated heterocycles. The van der Waals surface area contributed by atoms with Gasteiger partial charge in [-0.25, -0.2) is 28.7 Å². The number of aromatic nitrogens is 6. The first-order valence-electron chi connectivity index (χ1n) is 22.1. The molecule has 10 rings (SSSR count). The van der Waals surface area contributed by atoms with Crippen molar-refractivity contribution in [1.29, 1.82) is 0 Å². The van der Waals surface area contributed by atoms with Crippen molar-refractivity contribution in [2.75, 3.05) is 89.5 Å². The van der Waals surface area contributed by atoms with E-state index in [0.717, 1.165) is 108 Å². The van der Waals surface area contributed by atoms with E-state index in [4.69, 9.17) is 52.5 Å². The van der Waals surface area contributed by atoms with Crippen LogP contribution in [0.3, 0.4) is 0 Å². The van der Waals surface area contributed by atoms with Crippen LogP contribution in [0.4, 0.5) is 31.8 Å². The van der Waals surface area contributed by atoms with E-state index in [1.54, 1.807) is 36.9 Å². The fourth-order valence-electron chi connectivity index (χ4n) is 7.24. The zero-order chi connectivity index (χ0) is 48.0. The Bertz CT molecular complexity index is 2960. The van der Waals surface area contributed by atoms with Crippen LogP contribution in [0.5, 0.6) is 5.75 Å². The number of benzene rings is 4. The first kappa shape index (κ1) is 54.6. The third kappa shape index (κ3) is 15.4. The molecule has 4 aromatic heterocycles. The summed E-state index contributed by atoms with van der Waals surface area (Å²) in [4.78, 5) is 31.6. The molecule has 0 spiro atoms. The van der Waals surface area contributed by atoms with Gasteiger partial charge in [-0.15, -0.1) is 0 Å². The molecular formula is C52H55Cl2F2IN10O4. The molecule has 0 amide bonds. The second kappa shape index (κ2) is 27.2. The Morgan fingerprint density at radius 3 is 1.59 bits per heavy atom. The summed E-state index contributed by atoms with van der Waals surface area (Å²) in [6.45, 7) is 9.39. The van der Waals surface area contributed by atoms with Crippen LogP contribution >= 0.6 is 45.8 Å². The van der Waals surface area contributed by atoms with Gasteiger partial charge in [0.2, 0.25) is 0 Å². The predicted molar refractivity (Wildman–Crippen MR) is 288 cm³/mol. The van der Waals surface area contributed by atoms with Crippen molar-refractivity contribution in [3.05, 3.63) is 147 Å². The molecule has 0 unspecified atom stereocenters. The van der Waals surface area contributed by atoms with E-state index in [0.29, 0.717) is 41.3 Å². The Kier molecular flexibility index (Phi) is 20.9. The van der Waals surface area contributed by atoms with Crippen molar-refractivity contribution in [1.82, 2.24) is 39.7 Å². The average Bonchev–Trinajstić information content (AvgIpc) is 3.38. The number of halogens is 5. The van der Waals surface area contributed by atoms with Gasteiger partial charge < -0.3 is 30.0 Å². The van der Waals surface area contributed by atoms with Gasteiger partial charge in [-0.2, -0.15) is 0 Å². The molecule has 0 atom stereocenters. The molecule has 2 fully saturated rings. The maximum Gasteiger partial charge on any atom is 0.163 e. The number of ether oxygens (including phenoxy) is 3. The summed E-state index contributed by atoms with van der Waals surface area (Å²) in [7, 11) is 0. The van der Waals surface area contributed by atoms with E-state index in [9.17, 15) is 8.78 Å². The number of β-amino-alcohol motifs (C(OH)–C–C–N with tert-alkyl or cyclic N) is 1. The van der Waals surface area contributed by atoms with Crippen LogP contribution in [0.25, 0.3) is 44.6 Å². The van der Waals surface area contributed by atoms with Crippen LogP contribution in [0.15, 0.2) is 122 Å². The topological polar surface area (TPSA) is 156 Å². The first-order valence-corrected chi connectivity index (χ1v) is 23.9. The Hall–Kier alpha value is -5.77. The monoisotopic (exact) mass is 1120 g/mol. The summed E-state index contributed by atoms with van der Waals surface area (Å²) in [6, 6.07) is 28.0. The normalized spacial score (nSPS) is 13.7. The quantitative estimate of drug-likeness (QED) is 0.0994. The summed E-state index contributed by atoms with van der Waals surface area (Å²) in [5.74, 6) is 2.04. The van der Waals surface area contributed by atoms with Crippen molar-refractivity contribution in [3.63, 3.8) is 0 Å². The number of pyridine rings is 2. The first-order chi connectivity index (χ1) is 33.7. The molecule has 3 N–H and O–H groups in total. The molecule has 71 heavy (non-hydrogen) atoms. The van der Waals surface area contributed by atoms with Gasteiger partial charge in [0, 0.05) is 101 Å². The van der Waals surface area contributed by atoms with Crippen LogP contribution < -0.4 is 15.4 Å². The highest BCUT2D eigenvalue weighted by Gasteiger charge is 2.15. The molecule has 4 aromatic carbocycles. The number of anilines is 4. The smallest absolute Gasteiger partial charge is 0.163 e. The standard InChI is InChI=1S/C25H23ClFN5O2.C19H11ClFIN4.C6H13NO2.2CH4/c26-21-14-18(3-5-22(21)27)29-25-20-15-19(34-13-10-32-8-11-33-12-9-32)4-6-23(20)30-24(31-25)17-2-1-7-28-16-17;20-15-9-13(4-5-16(15)21)24-19-14-8-12(22)3-6-17(14)25-18(26-19)11-2-1-7-23-10-11;8-4-1-7-2-5-9-6-3-7;;/h1-7,14-16H,8-13H2,(H,29,30,31);1-10H,(H,24,25,26);8H,1-6H2;2*1H4. The lowest BCUT2D eigenvalue weighted by Crippen LogP contribution is -2.38. The van der Waals surface area contributed by atoms with Crippen LogP contribution in [0, 0.1) is 15.2 Å². The highest BCUT2D eigenvalue weighted by atomic mass is 127. The van der Waals surface area contributed by atoms with Gasteiger partial charge in [0.05, 0.1) is 54.1 Å². The molecular weight excluding hydrogens is 1060 g/mol. The summed E-state index contributed by atoms with van der Waals surface area (Å²) in [5.41, 5.74) is 4.40. The molecule has 0 saturated carbocycles. The fourth-order valence-corrected chi connectivity index (χ4v) is 8.09. The zero-order valence-electron chi connectivity index (χ0n) is 37.2. The molecule has 8 aromatic rings. The van der Waals surface area contributed by atoms with Gasteiger partial charge in [0.25, 0.3) is 0 Å². The molecule has 19 heteroatoms. The maximum absolute atomic E-state index is 13.7. The summed E-state index contributed by atoms with van der Waals surface area (Å²) >= 11 is 14.1. The van der Waals surface area contributed by atoms with Gasteiger partial charge in [-0.1, -0.05) is 38.1 Å². The SMILES string of the molecule is C.C.Fc1ccc(Nc2nc(-c3cccnc3)nc3ccc(I)cc23)cc1Cl.Fc1ccc(Nc2nc(-c3cccnc3)nc3ccc(OCCN4CCOCC4)cc23)cc1Cl.OCCN1CCOCC1. The molecule has 0 aliphatic carbocycles. The van der Waals surface area contributed by atoms with E-state index in [2.05, 4.69) is 63.0 Å². The van der Waals surface area contributed by atoms with Crippen molar-refractivity contribution in [3.8, 4) is 28.5 Å². The number of aliphatic hydroxyl groups excluding tert-OH is 1. The minimum Gasteiger partial charge on any atom is -0.492 e. The predicted octanol–water partition coefficient (Wildman–Crippen LogP) is 11.4. The highest BCUT2D eigenvalue weighted by Crippen LogP contribution is 2.32. The molecule has 0 bridgehead atoms. The van der Waals surface area contributed by atoms with Crippen molar-refractivity contribution < 1.29 is 28.1 Å². The summed E-state index contributed by atoms with van der Waals surface area (Å²) in [5, 5.41) is 16.7. The largest absolute Gasteiger partial charge is 0.492 e. The number of aliphatic hydroxyl groups is 1. The lowest BCUT2D eigenvalue weighted by Gasteiger charge is -2.26. The van der Waals surface area contributed by atoms with E-state index in [-0.39, 0.29) is 31.5 Å². The summed E-state index contributed by atoms with van der Waals surface area (Å²) < 4.78 is 44.7. The molecule has 14 nitrogen and oxygen atoms in total. The van der Waals surface area contributed by atoms with Crippen molar-refractivity contribution >= 4 is 90.6 Å². The minimum atomic E-state index is -0.480. The van der Waals surface area contributed by atoms with Crippen molar-refractivity contribution in [2.24, 2.45) is 0 Å². The second-order valence-electron chi connectivity index (χ2n) is 15.6.